The quantitative estimate of drug-likeness (QED) is 0.0197. The Balaban J connectivity index is 4.44. The summed E-state index contributed by atoms with van der Waals surface area (Å²) in [5, 5.41) is 18.7. The molecule has 0 rings (SSSR count). The van der Waals surface area contributed by atoms with Crippen LogP contribution in [0.1, 0.15) is 187 Å². The Bertz CT molecular complexity index is 1210. The Morgan fingerprint density at radius 2 is 1.05 bits per heavy atom. The van der Waals surface area contributed by atoms with E-state index in [0.29, 0.717) is 19.3 Å². The largest absolute Gasteiger partial charge is 0.480 e. The van der Waals surface area contributed by atoms with Crippen LogP contribution in [-0.4, -0.2) is 71.1 Å². The lowest BCUT2D eigenvalue weighted by Gasteiger charge is -2.20. The van der Waals surface area contributed by atoms with E-state index in [0.717, 1.165) is 57.8 Å². The summed E-state index contributed by atoms with van der Waals surface area (Å²) in [5.74, 6) is -2.47. The molecule has 0 aliphatic rings. The standard InChI is InChI=1S/C46H82NO11P/c1-3-5-7-8-9-10-11-12-13-14-15-16-21-24-27-30-33-37-45(50)58-42(39-56-59(53,54)57-40-43(47)46(51)52)38-55-44(49)36-32-29-26-23-20-18-17-19-22-25-28-31-35-41(48)34-6-4-2/h17-18,22-23,25-26,31,35,41-43,48H,3-16,19-21,24,27-30,32-34,36-40,47H2,1-2H3,(H,51,52)(H,53,54)/b18-17-,25-22-,26-23-,35-31-/t41-,42+,43-/m0/s1. The third kappa shape index (κ3) is 40.6. The summed E-state index contributed by atoms with van der Waals surface area (Å²) in [7, 11) is -4.74. The van der Waals surface area contributed by atoms with Gasteiger partial charge in [-0.25, -0.2) is 4.57 Å². The maximum atomic E-state index is 12.6. The molecule has 12 nitrogen and oxygen atoms in total. The van der Waals surface area contributed by atoms with Crippen molar-refractivity contribution in [3.8, 4) is 0 Å². The van der Waals surface area contributed by atoms with E-state index in [1.54, 1.807) is 0 Å². The van der Waals surface area contributed by atoms with Gasteiger partial charge in [0.15, 0.2) is 6.10 Å². The Labute approximate surface area is 357 Å². The van der Waals surface area contributed by atoms with Gasteiger partial charge in [-0.1, -0.05) is 178 Å². The predicted molar refractivity (Wildman–Crippen MR) is 237 cm³/mol. The van der Waals surface area contributed by atoms with Crippen LogP contribution < -0.4 is 5.73 Å². The van der Waals surface area contributed by atoms with Crippen molar-refractivity contribution in [2.24, 2.45) is 5.73 Å². The van der Waals surface area contributed by atoms with Gasteiger partial charge in [0, 0.05) is 12.8 Å². The van der Waals surface area contributed by atoms with E-state index < -0.39 is 51.1 Å². The van der Waals surface area contributed by atoms with E-state index in [9.17, 15) is 28.9 Å². The average Bonchev–Trinajstić information content (AvgIpc) is 3.21. The molecule has 0 aromatic rings. The summed E-state index contributed by atoms with van der Waals surface area (Å²) >= 11 is 0. The topological polar surface area (TPSA) is 192 Å². The zero-order valence-electron chi connectivity index (χ0n) is 36.7. The van der Waals surface area contributed by atoms with Crippen molar-refractivity contribution in [1.29, 1.82) is 0 Å². The summed E-state index contributed by atoms with van der Waals surface area (Å²) in [4.78, 5) is 46.0. The van der Waals surface area contributed by atoms with E-state index in [-0.39, 0.29) is 25.6 Å². The monoisotopic (exact) mass is 856 g/mol. The zero-order chi connectivity index (χ0) is 43.7. The van der Waals surface area contributed by atoms with Gasteiger partial charge in [-0.05, 0) is 44.9 Å². The van der Waals surface area contributed by atoms with E-state index >= 15 is 0 Å². The molecule has 0 heterocycles. The third-order valence-electron chi connectivity index (χ3n) is 9.65. The van der Waals surface area contributed by atoms with Gasteiger partial charge >= 0.3 is 25.7 Å². The fourth-order valence-electron chi connectivity index (χ4n) is 6.02. The molecule has 0 spiro atoms. The second-order valence-corrected chi connectivity index (χ2v) is 16.8. The third-order valence-corrected chi connectivity index (χ3v) is 10.6. The van der Waals surface area contributed by atoms with Gasteiger partial charge in [0.2, 0.25) is 0 Å². The molecule has 0 aliphatic carbocycles. The lowest BCUT2D eigenvalue weighted by Crippen LogP contribution is -2.34. The van der Waals surface area contributed by atoms with Crippen LogP contribution in [0.15, 0.2) is 48.6 Å². The molecule has 0 aromatic heterocycles. The lowest BCUT2D eigenvalue weighted by molar-refractivity contribution is -0.161. The van der Waals surface area contributed by atoms with Gasteiger partial charge in [0.1, 0.15) is 12.6 Å². The molecule has 0 saturated heterocycles. The number of aliphatic hydroxyl groups is 1. The number of hydrogen-bond acceptors (Lipinski definition) is 10. The van der Waals surface area contributed by atoms with E-state index in [4.69, 9.17) is 24.8 Å². The van der Waals surface area contributed by atoms with Crippen molar-refractivity contribution >= 4 is 25.7 Å². The zero-order valence-corrected chi connectivity index (χ0v) is 37.6. The number of aliphatic hydroxyl groups excluding tert-OH is 1. The maximum absolute atomic E-state index is 12.6. The van der Waals surface area contributed by atoms with Crippen molar-refractivity contribution in [1.82, 2.24) is 0 Å². The Hall–Kier alpha value is -2.60. The van der Waals surface area contributed by atoms with E-state index in [1.165, 1.54) is 83.5 Å². The van der Waals surface area contributed by atoms with Crippen molar-refractivity contribution in [2.75, 3.05) is 19.8 Å². The van der Waals surface area contributed by atoms with Crippen molar-refractivity contribution in [3.63, 3.8) is 0 Å². The Morgan fingerprint density at radius 3 is 1.58 bits per heavy atom. The fraction of sp³-hybridized carbons (Fsp3) is 0.761. The normalized spacial score (nSPS) is 14.7. The Kier molecular flexibility index (Phi) is 39.0. The first-order chi connectivity index (χ1) is 28.5. The molecule has 0 saturated carbocycles. The molecule has 0 fully saturated rings. The number of unbranched alkanes of at least 4 members (excludes halogenated alkanes) is 18. The Morgan fingerprint density at radius 1 is 0.593 bits per heavy atom. The predicted octanol–water partition coefficient (Wildman–Crippen LogP) is 11.1. The number of esters is 2. The summed E-state index contributed by atoms with van der Waals surface area (Å²) in [5.41, 5.74) is 5.33. The van der Waals surface area contributed by atoms with Gasteiger partial charge in [-0.3, -0.25) is 23.4 Å². The second-order valence-electron chi connectivity index (χ2n) is 15.4. The molecule has 0 bridgehead atoms. The number of carbonyl (C=O) groups is 3. The SMILES string of the molecule is CCCCCCCCCCCCCCCCCCCC(=O)O[C@H](COC(=O)CCC/C=C\C/C=C\C/C=C\C/C=C\[C@@H](O)CCCC)COP(=O)(O)OC[C@H](N)C(=O)O. The summed E-state index contributed by atoms with van der Waals surface area (Å²) in [6, 6.07) is -1.54. The number of phosphoric ester groups is 1. The first kappa shape index (κ1) is 56.4. The summed E-state index contributed by atoms with van der Waals surface area (Å²) in [6.07, 6.45) is 42.3. The van der Waals surface area contributed by atoms with Crippen LogP contribution in [0.25, 0.3) is 0 Å². The van der Waals surface area contributed by atoms with Crippen molar-refractivity contribution < 1.29 is 52.6 Å². The van der Waals surface area contributed by atoms with Crippen LogP contribution in [0.3, 0.4) is 0 Å². The minimum Gasteiger partial charge on any atom is -0.480 e. The first-order valence-corrected chi connectivity index (χ1v) is 24.2. The number of carboxylic acids is 1. The van der Waals surface area contributed by atoms with Crippen LogP contribution in [0.2, 0.25) is 0 Å². The molecule has 0 aliphatic heterocycles. The van der Waals surface area contributed by atoms with Crippen molar-refractivity contribution in [2.45, 2.75) is 205 Å². The average molecular weight is 856 g/mol. The van der Waals surface area contributed by atoms with Gasteiger partial charge in [-0.2, -0.15) is 0 Å². The molecule has 59 heavy (non-hydrogen) atoms. The summed E-state index contributed by atoms with van der Waals surface area (Å²) < 4.78 is 32.7. The number of hydrogen-bond donors (Lipinski definition) is 4. The highest BCUT2D eigenvalue weighted by atomic mass is 31.2. The number of nitrogens with two attached hydrogens (primary N) is 1. The van der Waals surface area contributed by atoms with Crippen molar-refractivity contribution in [3.05, 3.63) is 48.6 Å². The van der Waals surface area contributed by atoms with Gasteiger partial charge in [0.05, 0.1) is 19.3 Å². The fourth-order valence-corrected chi connectivity index (χ4v) is 6.80. The first-order valence-electron chi connectivity index (χ1n) is 22.8. The maximum Gasteiger partial charge on any atom is 0.472 e. The molecular formula is C46H82NO11P. The summed E-state index contributed by atoms with van der Waals surface area (Å²) in [6.45, 7) is 2.60. The number of aliphatic carboxylic acids is 1. The molecule has 0 radical (unpaired) electrons. The van der Waals surface area contributed by atoms with Crippen LogP contribution >= 0.6 is 7.82 Å². The van der Waals surface area contributed by atoms with Gasteiger partial charge in [0.25, 0.3) is 0 Å². The van der Waals surface area contributed by atoms with Crippen LogP contribution in [0.4, 0.5) is 0 Å². The van der Waals surface area contributed by atoms with Crippen LogP contribution in [0, 0.1) is 0 Å². The molecule has 5 N–H and O–H groups in total. The number of phosphoric acid groups is 1. The molecule has 13 heteroatoms. The van der Waals surface area contributed by atoms with Gasteiger partial charge in [-0.15, -0.1) is 0 Å². The highest BCUT2D eigenvalue weighted by Gasteiger charge is 2.28. The second kappa shape index (κ2) is 40.8. The highest BCUT2D eigenvalue weighted by molar-refractivity contribution is 7.47. The number of rotatable bonds is 42. The molecule has 342 valence electrons. The highest BCUT2D eigenvalue weighted by Crippen LogP contribution is 2.43. The van der Waals surface area contributed by atoms with Crippen LogP contribution in [-0.2, 0) is 37.5 Å². The number of ether oxygens (including phenoxy) is 2. The molecular weight excluding hydrogens is 773 g/mol. The van der Waals surface area contributed by atoms with E-state index in [1.807, 2.05) is 24.3 Å². The number of carbonyl (C=O) groups excluding carboxylic acids is 2. The lowest BCUT2D eigenvalue weighted by atomic mass is 10.0. The minimum absolute atomic E-state index is 0.129. The molecule has 1 unspecified atom stereocenters. The number of carboxylic acid groups (broad SMARTS) is 1. The molecule has 0 amide bonds. The number of allylic oxidation sites excluding steroid dienone is 7. The van der Waals surface area contributed by atoms with E-state index in [2.05, 4.69) is 42.7 Å². The van der Waals surface area contributed by atoms with Gasteiger partial charge < -0.3 is 30.3 Å². The minimum atomic E-state index is -4.74. The molecule has 4 atom stereocenters. The molecule has 0 aromatic carbocycles. The smallest absolute Gasteiger partial charge is 0.472 e. The van der Waals surface area contributed by atoms with Crippen LogP contribution in [0.5, 0.6) is 0 Å².